The van der Waals surface area contributed by atoms with Gasteiger partial charge in [-0.25, -0.2) is 9.78 Å². The molecule has 0 unspecified atom stereocenters. The van der Waals surface area contributed by atoms with Gasteiger partial charge >= 0.3 is 5.97 Å². The summed E-state index contributed by atoms with van der Waals surface area (Å²) in [6.45, 7) is 1.84. The Bertz CT molecular complexity index is 1640. The van der Waals surface area contributed by atoms with E-state index >= 15 is 0 Å². The predicted molar refractivity (Wildman–Crippen MR) is 144 cm³/mol. The molecule has 182 valence electrons. The second kappa shape index (κ2) is 9.44. The highest BCUT2D eigenvalue weighted by atomic mass is 16.4. The van der Waals surface area contributed by atoms with Crippen LogP contribution in [0.3, 0.4) is 0 Å². The Kier molecular flexibility index (Phi) is 5.82. The van der Waals surface area contributed by atoms with Gasteiger partial charge in [0.25, 0.3) is 0 Å². The largest absolute Gasteiger partial charge is 0.478 e. The fourth-order valence-corrected chi connectivity index (χ4v) is 5.11. The number of aromatic carboxylic acids is 1. The topological polar surface area (TPSA) is 84.1 Å². The molecule has 1 aliphatic rings. The molecule has 0 saturated carbocycles. The summed E-state index contributed by atoms with van der Waals surface area (Å²) in [7, 11) is 1.90. The third kappa shape index (κ3) is 4.41. The zero-order valence-corrected chi connectivity index (χ0v) is 20.4. The maximum atomic E-state index is 12.6. The molecule has 7 heteroatoms. The summed E-state index contributed by atoms with van der Waals surface area (Å²) < 4.78 is 1.80. The minimum atomic E-state index is -0.936. The molecule has 4 heterocycles. The van der Waals surface area contributed by atoms with Crippen LogP contribution >= 0.6 is 0 Å². The summed E-state index contributed by atoms with van der Waals surface area (Å²) in [4.78, 5) is 24.0. The van der Waals surface area contributed by atoms with Crippen LogP contribution in [0.5, 0.6) is 0 Å². The van der Waals surface area contributed by atoms with Crippen LogP contribution in [-0.4, -0.2) is 42.3 Å². The van der Waals surface area contributed by atoms with Crippen LogP contribution in [0.1, 0.15) is 32.7 Å². The minimum Gasteiger partial charge on any atom is -0.478 e. The van der Waals surface area contributed by atoms with Gasteiger partial charge in [-0.1, -0.05) is 48.5 Å². The zero-order chi connectivity index (χ0) is 25.4. The van der Waals surface area contributed by atoms with Crippen LogP contribution in [-0.2, 0) is 20.1 Å². The average molecular weight is 488 g/mol. The molecule has 3 aromatic heterocycles. The van der Waals surface area contributed by atoms with E-state index in [0.717, 1.165) is 33.7 Å². The van der Waals surface area contributed by atoms with E-state index in [4.69, 9.17) is 10.1 Å². The standard InChI is InChI=1S/C30H25N5O2/c1-34-17-22(28(33-34)21-11-13-31-14-12-21)15-23-18-35(16-20-7-3-2-4-8-20)19-25-27(30(36)37)24-9-5-6-10-26(24)32-29(23)25/h2-15,17H,16,18-19H2,1H3,(H,36,37)/b23-15+. The first-order valence-electron chi connectivity index (χ1n) is 12.1. The van der Waals surface area contributed by atoms with E-state index in [-0.39, 0.29) is 0 Å². The number of hydrogen-bond acceptors (Lipinski definition) is 5. The fourth-order valence-electron chi connectivity index (χ4n) is 5.11. The molecule has 1 N–H and O–H groups in total. The first-order valence-corrected chi connectivity index (χ1v) is 12.1. The molecule has 0 saturated heterocycles. The van der Waals surface area contributed by atoms with Crippen molar-refractivity contribution in [2.75, 3.05) is 6.54 Å². The number of carbonyl (C=O) groups is 1. The van der Waals surface area contributed by atoms with E-state index in [2.05, 4.69) is 28.1 Å². The SMILES string of the molecule is Cn1cc(/C=C2\CN(Cc3ccccc3)Cc3c2nc2ccccc2c3C(=O)O)c(-c2ccncc2)n1. The van der Waals surface area contributed by atoms with Crippen molar-refractivity contribution in [1.29, 1.82) is 0 Å². The van der Waals surface area contributed by atoms with Gasteiger partial charge < -0.3 is 5.11 Å². The van der Waals surface area contributed by atoms with Crippen LogP contribution in [0, 0.1) is 0 Å². The van der Waals surface area contributed by atoms with E-state index in [0.29, 0.717) is 36.1 Å². The third-order valence-electron chi connectivity index (χ3n) is 6.68. The maximum Gasteiger partial charge on any atom is 0.336 e. The summed E-state index contributed by atoms with van der Waals surface area (Å²) in [6.07, 6.45) is 7.60. The molecule has 6 rings (SSSR count). The highest BCUT2D eigenvalue weighted by Gasteiger charge is 2.29. The van der Waals surface area contributed by atoms with E-state index in [1.807, 2.05) is 67.8 Å². The number of carboxylic acid groups (broad SMARTS) is 1. The van der Waals surface area contributed by atoms with Gasteiger partial charge in [0.1, 0.15) is 0 Å². The Morgan fingerprint density at radius 1 is 0.973 bits per heavy atom. The van der Waals surface area contributed by atoms with Gasteiger partial charge in [-0.15, -0.1) is 0 Å². The van der Waals surface area contributed by atoms with Crippen molar-refractivity contribution in [3.63, 3.8) is 0 Å². The van der Waals surface area contributed by atoms with E-state index in [1.165, 1.54) is 5.56 Å². The first-order chi connectivity index (χ1) is 18.1. The number of aryl methyl sites for hydroxylation is 1. The van der Waals surface area contributed by atoms with Crippen LogP contribution < -0.4 is 0 Å². The number of nitrogens with zero attached hydrogens (tertiary/aromatic N) is 5. The molecule has 2 aromatic carbocycles. The highest BCUT2D eigenvalue weighted by molar-refractivity contribution is 6.06. The Labute approximate surface area is 214 Å². The van der Waals surface area contributed by atoms with Crippen molar-refractivity contribution < 1.29 is 9.90 Å². The van der Waals surface area contributed by atoms with Crippen LogP contribution in [0.4, 0.5) is 0 Å². The number of rotatable bonds is 5. The number of pyridine rings is 2. The second-order valence-corrected chi connectivity index (χ2v) is 9.28. The lowest BCUT2D eigenvalue weighted by atomic mass is 9.91. The smallest absolute Gasteiger partial charge is 0.336 e. The molecular formula is C30H25N5O2. The fraction of sp³-hybridized carbons (Fsp3) is 0.133. The lowest BCUT2D eigenvalue weighted by molar-refractivity contribution is 0.0696. The van der Waals surface area contributed by atoms with Crippen molar-refractivity contribution >= 4 is 28.5 Å². The number of para-hydroxylation sites is 1. The molecule has 0 spiro atoms. The molecule has 1 aliphatic heterocycles. The van der Waals surface area contributed by atoms with Crippen LogP contribution in [0.2, 0.25) is 0 Å². The number of aromatic nitrogens is 4. The summed E-state index contributed by atoms with van der Waals surface area (Å²) in [5, 5.41) is 15.7. The summed E-state index contributed by atoms with van der Waals surface area (Å²) in [5.41, 5.74) is 7.40. The van der Waals surface area contributed by atoms with Gasteiger partial charge in [0, 0.05) is 67.3 Å². The summed E-state index contributed by atoms with van der Waals surface area (Å²) in [5.74, 6) is -0.936. The lowest BCUT2D eigenvalue weighted by Crippen LogP contribution is -2.31. The molecule has 7 nitrogen and oxygen atoms in total. The third-order valence-corrected chi connectivity index (χ3v) is 6.68. The van der Waals surface area contributed by atoms with Gasteiger partial charge in [-0.2, -0.15) is 5.10 Å². The second-order valence-electron chi connectivity index (χ2n) is 9.28. The zero-order valence-electron chi connectivity index (χ0n) is 20.4. The minimum absolute atomic E-state index is 0.324. The molecule has 0 amide bonds. The number of hydrogen-bond donors (Lipinski definition) is 1. The lowest BCUT2D eigenvalue weighted by Gasteiger charge is -2.31. The Balaban J connectivity index is 1.54. The average Bonchev–Trinajstić information content (AvgIpc) is 3.28. The Morgan fingerprint density at radius 3 is 2.51 bits per heavy atom. The van der Waals surface area contributed by atoms with Crippen molar-refractivity contribution in [3.8, 4) is 11.3 Å². The molecule has 37 heavy (non-hydrogen) atoms. The Morgan fingerprint density at radius 2 is 1.73 bits per heavy atom. The monoisotopic (exact) mass is 487 g/mol. The van der Waals surface area contributed by atoms with Crippen LogP contribution in [0.15, 0.2) is 85.3 Å². The van der Waals surface area contributed by atoms with Gasteiger partial charge in [-0.3, -0.25) is 14.6 Å². The molecule has 0 aliphatic carbocycles. The Hall–Kier alpha value is -4.62. The molecule has 0 fully saturated rings. The van der Waals surface area contributed by atoms with Crippen molar-refractivity contribution in [2.45, 2.75) is 13.1 Å². The number of fused-ring (bicyclic) bond motifs is 2. The first kappa shape index (κ1) is 22.8. The van der Waals surface area contributed by atoms with Crippen molar-refractivity contribution in [1.82, 2.24) is 24.6 Å². The van der Waals surface area contributed by atoms with Gasteiger partial charge in [0.05, 0.1) is 22.5 Å². The molecular weight excluding hydrogens is 462 g/mol. The number of benzene rings is 2. The highest BCUT2D eigenvalue weighted by Crippen LogP contribution is 2.35. The predicted octanol–water partition coefficient (Wildman–Crippen LogP) is 5.28. The van der Waals surface area contributed by atoms with E-state index < -0.39 is 5.97 Å². The molecule has 0 bridgehead atoms. The van der Waals surface area contributed by atoms with Crippen molar-refractivity contribution in [2.24, 2.45) is 7.05 Å². The summed E-state index contributed by atoms with van der Waals surface area (Å²) in [6, 6.07) is 21.6. The van der Waals surface area contributed by atoms with E-state index in [9.17, 15) is 9.90 Å². The quantitative estimate of drug-likeness (QED) is 0.363. The number of carboxylic acids is 1. The summed E-state index contributed by atoms with van der Waals surface area (Å²) >= 11 is 0. The van der Waals surface area contributed by atoms with Gasteiger partial charge in [-0.05, 0) is 35.4 Å². The normalized spacial score (nSPS) is 14.7. The van der Waals surface area contributed by atoms with Gasteiger partial charge in [0.15, 0.2) is 0 Å². The van der Waals surface area contributed by atoms with E-state index in [1.54, 1.807) is 17.1 Å². The molecule has 0 atom stereocenters. The molecule has 5 aromatic rings. The van der Waals surface area contributed by atoms with Crippen LogP contribution in [0.25, 0.3) is 33.8 Å². The molecule has 0 radical (unpaired) electrons. The van der Waals surface area contributed by atoms with Gasteiger partial charge in [0.2, 0.25) is 0 Å². The maximum absolute atomic E-state index is 12.6. The van der Waals surface area contributed by atoms with Crippen molar-refractivity contribution in [3.05, 3.63) is 113 Å².